The van der Waals surface area contributed by atoms with Crippen LogP contribution in [0.1, 0.15) is 6.92 Å². The SMILES string of the molecule is CCOc1nc(N)nc(Nc2ccccc2F)n1. The highest BCUT2D eigenvalue weighted by molar-refractivity contribution is 5.54. The molecule has 0 amide bonds. The first-order chi connectivity index (χ1) is 8.69. The van der Waals surface area contributed by atoms with Crippen molar-refractivity contribution in [3.8, 4) is 6.01 Å². The number of hydrogen-bond acceptors (Lipinski definition) is 6. The highest BCUT2D eigenvalue weighted by Gasteiger charge is 2.07. The molecule has 0 aliphatic carbocycles. The molecule has 0 aliphatic heterocycles. The fourth-order valence-corrected chi connectivity index (χ4v) is 1.30. The summed E-state index contributed by atoms with van der Waals surface area (Å²) >= 11 is 0. The zero-order valence-corrected chi connectivity index (χ0v) is 9.72. The molecule has 7 heteroatoms. The number of nitrogen functional groups attached to an aromatic ring is 1. The third-order valence-corrected chi connectivity index (χ3v) is 2.03. The second kappa shape index (κ2) is 5.26. The lowest BCUT2D eigenvalue weighted by Crippen LogP contribution is -2.07. The lowest BCUT2D eigenvalue weighted by molar-refractivity contribution is 0.312. The van der Waals surface area contributed by atoms with E-state index in [0.717, 1.165) is 0 Å². The third-order valence-electron chi connectivity index (χ3n) is 2.03. The van der Waals surface area contributed by atoms with Gasteiger partial charge in [-0.05, 0) is 19.1 Å². The molecule has 0 aliphatic rings. The van der Waals surface area contributed by atoms with Crippen molar-refractivity contribution in [3.05, 3.63) is 30.1 Å². The Labute approximate surface area is 103 Å². The van der Waals surface area contributed by atoms with Crippen molar-refractivity contribution in [2.45, 2.75) is 6.92 Å². The number of aromatic nitrogens is 3. The lowest BCUT2D eigenvalue weighted by atomic mass is 10.3. The number of nitrogens with one attached hydrogen (secondary N) is 1. The van der Waals surface area contributed by atoms with Gasteiger partial charge in [0.1, 0.15) is 5.82 Å². The summed E-state index contributed by atoms with van der Waals surface area (Å²) in [6, 6.07) is 6.28. The molecule has 1 aromatic carbocycles. The maximum absolute atomic E-state index is 13.4. The second-order valence-electron chi connectivity index (χ2n) is 3.34. The van der Waals surface area contributed by atoms with Crippen molar-refractivity contribution < 1.29 is 9.13 Å². The zero-order chi connectivity index (χ0) is 13.0. The molecule has 0 saturated carbocycles. The number of benzene rings is 1. The topological polar surface area (TPSA) is 86.0 Å². The number of ether oxygens (including phenoxy) is 1. The first-order valence-corrected chi connectivity index (χ1v) is 5.35. The van der Waals surface area contributed by atoms with Crippen molar-refractivity contribution in [3.63, 3.8) is 0 Å². The highest BCUT2D eigenvalue weighted by Crippen LogP contribution is 2.18. The Kier molecular flexibility index (Phi) is 3.52. The fourth-order valence-electron chi connectivity index (χ4n) is 1.30. The third kappa shape index (κ3) is 2.82. The first-order valence-electron chi connectivity index (χ1n) is 5.35. The molecule has 0 saturated heterocycles. The average molecular weight is 249 g/mol. The van der Waals surface area contributed by atoms with Crippen molar-refractivity contribution in [2.75, 3.05) is 17.7 Å². The van der Waals surface area contributed by atoms with Gasteiger partial charge in [-0.1, -0.05) is 12.1 Å². The summed E-state index contributed by atoms with van der Waals surface area (Å²) in [5, 5.41) is 2.71. The Hall–Kier alpha value is -2.44. The monoisotopic (exact) mass is 249 g/mol. The maximum atomic E-state index is 13.4. The zero-order valence-electron chi connectivity index (χ0n) is 9.72. The number of para-hydroxylation sites is 1. The number of nitrogens with two attached hydrogens (primary N) is 1. The van der Waals surface area contributed by atoms with Gasteiger partial charge in [0.05, 0.1) is 12.3 Å². The number of anilines is 3. The highest BCUT2D eigenvalue weighted by atomic mass is 19.1. The Morgan fingerprint density at radius 1 is 1.28 bits per heavy atom. The largest absolute Gasteiger partial charge is 0.464 e. The average Bonchev–Trinajstić information content (AvgIpc) is 2.32. The van der Waals surface area contributed by atoms with Crippen LogP contribution in [0.15, 0.2) is 24.3 Å². The van der Waals surface area contributed by atoms with Crippen LogP contribution in [-0.2, 0) is 0 Å². The van der Waals surface area contributed by atoms with E-state index in [1.807, 2.05) is 0 Å². The molecule has 1 heterocycles. The van der Waals surface area contributed by atoms with E-state index in [2.05, 4.69) is 20.3 Å². The van der Waals surface area contributed by atoms with Crippen molar-refractivity contribution >= 4 is 17.6 Å². The fraction of sp³-hybridized carbons (Fsp3) is 0.182. The van der Waals surface area contributed by atoms with Gasteiger partial charge in [0.2, 0.25) is 11.9 Å². The Morgan fingerprint density at radius 2 is 2.06 bits per heavy atom. The van der Waals surface area contributed by atoms with Crippen LogP contribution in [0.2, 0.25) is 0 Å². The van der Waals surface area contributed by atoms with Crippen LogP contribution in [-0.4, -0.2) is 21.6 Å². The van der Waals surface area contributed by atoms with E-state index in [0.29, 0.717) is 6.61 Å². The molecule has 0 radical (unpaired) electrons. The van der Waals surface area contributed by atoms with E-state index in [-0.39, 0.29) is 23.6 Å². The molecular formula is C11H12FN5O. The summed E-state index contributed by atoms with van der Waals surface area (Å²) in [5.41, 5.74) is 5.76. The van der Waals surface area contributed by atoms with E-state index < -0.39 is 5.82 Å². The second-order valence-corrected chi connectivity index (χ2v) is 3.34. The van der Waals surface area contributed by atoms with Crippen LogP contribution in [0.5, 0.6) is 6.01 Å². The molecule has 18 heavy (non-hydrogen) atoms. The van der Waals surface area contributed by atoms with Crippen LogP contribution in [0.25, 0.3) is 0 Å². The summed E-state index contributed by atoms with van der Waals surface area (Å²) in [6.07, 6.45) is 0. The number of hydrogen-bond donors (Lipinski definition) is 2. The summed E-state index contributed by atoms with van der Waals surface area (Å²) in [6.45, 7) is 2.20. The molecular weight excluding hydrogens is 237 g/mol. The predicted octanol–water partition coefficient (Wildman–Crippen LogP) is 1.74. The van der Waals surface area contributed by atoms with Gasteiger partial charge in [-0.3, -0.25) is 0 Å². The van der Waals surface area contributed by atoms with E-state index in [9.17, 15) is 4.39 Å². The molecule has 0 fully saturated rings. The van der Waals surface area contributed by atoms with Gasteiger partial charge >= 0.3 is 6.01 Å². The van der Waals surface area contributed by atoms with Gasteiger partial charge in [0.15, 0.2) is 0 Å². The minimum absolute atomic E-state index is 0.00675. The molecule has 0 atom stereocenters. The molecule has 3 N–H and O–H groups in total. The minimum atomic E-state index is -0.408. The molecule has 94 valence electrons. The summed E-state index contributed by atoms with van der Waals surface area (Å²) in [7, 11) is 0. The van der Waals surface area contributed by atoms with Crippen LogP contribution in [0.3, 0.4) is 0 Å². The van der Waals surface area contributed by atoms with Crippen molar-refractivity contribution in [1.82, 2.24) is 15.0 Å². The van der Waals surface area contributed by atoms with Crippen LogP contribution < -0.4 is 15.8 Å². The van der Waals surface area contributed by atoms with Crippen LogP contribution >= 0.6 is 0 Å². The smallest absolute Gasteiger partial charge is 0.323 e. The van der Waals surface area contributed by atoms with E-state index >= 15 is 0 Å². The molecule has 0 bridgehead atoms. The van der Waals surface area contributed by atoms with Gasteiger partial charge in [0.25, 0.3) is 0 Å². The maximum Gasteiger partial charge on any atom is 0.323 e. The van der Waals surface area contributed by atoms with Crippen LogP contribution in [0, 0.1) is 5.82 Å². The molecule has 6 nitrogen and oxygen atoms in total. The molecule has 2 aromatic rings. The van der Waals surface area contributed by atoms with Crippen LogP contribution in [0.4, 0.5) is 22.0 Å². The van der Waals surface area contributed by atoms with Crippen molar-refractivity contribution in [2.24, 2.45) is 0 Å². The van der Waals surface area contributed by atoms with Gasteiger partial charge in [-0.15, -0.1) is 0 Å². The van der Waals surface area contributed by atoms with Gasteiger partial charge in [-0.25, -0.2) is 4.39 Å². The van der Waals surface area contributed by atoms with Gasteiger partial charge in [-0.2, -0.15) is 15.0 Å². The molecule has 0 unspecified atom stereocenters. The predicted molar refractivity (Wildman–Crippen MR) is 65.1 cm³/mol. The van der Waals surface area contributed by atoms with E-state index in [4.69, 9.17) is 10.5 Å². The van der Waals surface area contributed by atoms with Gasteiger partial charge < -0.3 is 15.8 Å². The minimum Gasteiger partial charge on any atom is -0.464 e. The Balaban J connectivity index is 2.26. The number of nitrogens with zero attached hydrogens (tertiary/aromatic N) is 3. The number of rotatable bonds is 4. The van der Waals surface area contributed by atoms with E-state index in [1.165, 1.54) is 6.07 Å². The van der Waals surface area contributed by atoms with Gasteiger partial charge in [0, 0.05) is 0 Å². The molecule has 0 spiro atoms. The summed E-state index contributed by atoms with van der Waals surface area (Å²) in [4.78, 5) is 11.6. The molecule has 2 rings (SSSR count). The molecule has 1 aromatic heterocycles. The Morgan fingerprint density at radius 3 is 2.78 bits per heavy atom. The van der Waals surface area contributed by atoms with E-state index in [1.54, 1.807) is 25.1 Å². The summed E-state index contributed by atoms with van der Waals surface area (Å²) in [5.74, 6) is -0.266. The Bertz CT molecular complexity index is 549. The quantitative estimate of drug-likeness (QED) is 0.858. The number of halogens is 1. The first kappa shape index (κ1) is 12.0. The lowest BCUT2D eigenvalue weighted by Gasteiger charge is -2.07. The van der Waals surface area contributed by atoms with Crippen molar-refractivity contribution in [1.29, 1.82) is 0 Å². The normalized spacial score (nSPS) is 10.1. The summed E-state index contributed by atoms with van der Waals surface area (Å²) < 4.78 is 18.5. The standard InChI is InChI=1S/C11H12FN5O/c1-2-18-11-16-9(13)15-10(17-11)14-8-6-4-3-5-7(8)12/h3-6H,2H2,1H3,(H3,13,14,15,16,17).